The Labute approximate surface area is 123 Å². The first-order chi connectivity index (χ1) is 10.2. The van der Waals surface area contributed by atoms with E-state index in [4.69, 9.17) is 4.74 Å². The van der Waals surface area contributed by atoms with Crippen molar-refractivity contribution in [2.75, 3.05) is 30.9 Å². The molecule has 0 fully saturated rings. The number of rotatable bonds is 5. The summed E-state index contributed by atoms with van der Waals surface area (Å²) in [5.74, 6) is 0.834. The SMILES string of the molecule is CCNc1nc(OC)nc(N(C)c2ccccc2C#N)n1. The van der Waals surface area contributed by atoms with Crippen LogP contribution in [-0.4, -0.2) is 35.7 Å². The first kappa shape index (κ1) is 14.5. The maximum absolute atomic E-state index is 9.19. The summed E-state index contributed by atoms with van der Waals surface area (Å²) in [6.45, 7) is 2.63. The van der Waals surface area contributed by atoms with Crippen LogP contribution in [0.4, 0.5) is 17.6 Å². The van der Waals surface area contributed by atoms with E-state index in [-0.39, 0.29) is 6.01 Å². The second-order valence-corrected chi connectivity index (χ2v) is 4.16. The molecule has 0 aliphatic carbocycles. The Hall–Kier alpha value is -2.88. The van der Waals surface area contributed by atoms with Crippen molar-refractivity contribution in [1.82, 2.24) is 15.0 Å². The lowest BCUT2D eigenvalue weighted by Gasteiger charge is -2.19. The van der Waals surface area contributed by atoms with E-state index in [9.17, 15) is 5.26 Å². The van der Waals surface area contributed by atoms with Gasteiger partial charge in [0.05, 0.1) is 18.4 Å². The molecule has 0 amide bonds. The summed E-state index contributed by atoms with van der Waals surface area (Å²) in [6.07, 6.45) is 0. The van der Waals surface area contributed by atoms with E-state index in [0.29, 0.717) is 24.0 Å². The van der Waals surface area contributed by atoms with Crippen LogP contribution in [0.3, 0.4) is 0 Å². The summed E-state index contributed by atoms with van der Waals surface area (Å²) in [6, 6.07) is 9.63. The highest BCUT2D eigenvalue weighted by Gasteiger charge is 2.14. The van der Waals surface area contributed by atoms with Crippen molar-refractivity contribution in [1.29, 1.82) is 5.26 Å². The molecular weight excluding hydrogens is 268 g/mol. The molecule has 0 spiro atoms. The van der Waals surface area contributed by atoms with Gasteiger partial charge in [0.2, 0.25) is 11.9 Å². The number of methoxy groups -OCH3 is 1. The van der Waals surface area contributed by atoms with Crippen molar-refractivity contribution in [2.45, 2.75) is 6.92 Å². The van der Waals surface area contributed by atoms with Gasteiger partial charge in [0.15, 0.2) is 0 Å². The third kappa shape index (κ3) is 3.17. The second-order valence-electron chi connectivity index (χ2n) is 4.16. The fourth-order valence-electron chi connectivity index (χ4n) is 1.79. The molecule has 2 rings (SSSR count). The zero-order valence-corrected chi connectivity index (χ0v) is 12.2. The molecule has 0 saturated carbocycles. The van der Waals surface area contributed by atoms with Crippen LogP contribution in [0.25, 0.3) is 0 Å². The van der Waals surface area contributed by atoms with E-state index in [1.807, 2.05) is 25.1 Å². The molecule has 7 heteroatoms. The summed E-state index contributed by atoms with van der Waals surface area (Å²) in [4.78, 5) is 14.4. The Kier molecular flexibility index (Phi) is 4.51. The van der Waals surface area contributed by atoms with Crippen LogP contribution < -0.4 is 15.0 Å². The summed E-state index contributed by atoms with van der Waals surface area (Å²) in [5, 5.41) is 12.2. The third-order valence-electron chi connectivity index (χ3n) is 2.81. The van der Waals surface area contributed by atoms with Gasteiger partial charge >= 0.3 is 6.01 Å². The van der Waals surface area contributed by atoms with Gasteiger partial charge < -0.3 is 15.0 Å². The van der Waals surface area contributed by atoms with Crippen LogP contribution in [0.15, 0.2) is 24.3 Å². The minimum absolute atomic E-state index is 0.220. The predicted molar refractivity (Wildman–Crippen MR) is 79.8 cm³/mol. The molecule has 0 radical (unpaired) electrons. The molecule has 0 aliphatic rings. The minimum Gasteiger partial charge on any atom is -0.467 e. The number of hydrogen-bond acceptors (Lipinski definition) is 7. The number of nitriles is 1. The Morgan fingerprint density at radius 2 is 2.05 bits per heavy atom. The van der Waals surface area contributed by atoms with Gasteiger partial charge in [0.25, 0.3) is 0 Å². The van der Waals surface area contributed by atoms with Gasteiger partial charge in [-0.05, 0) is 19.1 Å². The zero-order valence-electron chi connectivity index (χ0n) is 12.2. The predicted octanol–water partition coefficient (Wildman–Crippen LogP) is 1.95. The number of benzene rings is 1. The van der Waals surface area contributed by atoms with Crippen molar-refractivity contribution in [2.24, 2.45) is 0 Å². The van der Waals surface area contributed by atoms with E-state index in [2.05, 4.69) is 26.3 Å². The molecule has 0 bridgehead atoms. The second kappa shape index (κ2) is 6.52. The quantitative estimate of drug-likeness (QED) is 0.897. The average Bonchev–Trinajstić information content (AvgIpc) is 2.54. The highest BCUT2D eigenvalue weighted by Crippen LogP contribution is 2.25. The molecule has 1 heterocycles. The lowest BCUT2D eigenvalue weighted by Crippen LogP contribution is -2.17. The largest absolute Gasteiger partial charge is 0.467 e. The molecule has 0 saturated heterocycles. The highest BCUT2D eigenvalue weighted by molar-refractivity contribution is 5.65. The first-order valence-corrected chi connectivity index (χ1v) is 6.46. The number of hydrogen-bond donors (Lipinski definition) is 1. The molecule has 0 atom stereocenters. The van der Waals surface area contributed by atoms with Crippen LogP contribution in [0.5, 0.6) is 6.01 Å². The molecule has 1 aromatic carbocycles. The Morgan fingerprint density at radius 1 is 1.29 bits per heavy atom. The van der Waals surface area contributed by atoms with Crippen LogP contribution in [0.2, 0.25) is 0 Å². The maximum atomic E-state index is 9.19. The maximum Gasteiger partial charge on any atom is 0.322 e. The lowest BCUT2D eigenvalue weighted by atomic mass is 10.2. The summed E-state index contributed by atoms with van der Waals surface area (Å²) in [5.41, 5.74) is 1.26. The van der Waals surface area contributed by atoms with Crippen LogP contribution in [0, 0.1) is 11.3 Å². The van der Waals surface area contributed by atoms with Gasteiger partial charge in [-0.3, -0.25) is 0 Å². The fourth-order valence-corrected chi connectivity index (χ4v) is 1.79. The van der Waals surface area contributed by atoms with Gasteiger partial charge in [-0.1, -0.05) is 12.1 Å². The Bertz CT molecular complexity index is 667. The Balaban J connectivity index is 2.45. The van der Waals surface area contributed by atoms with E-state index in [1.165, 1.54) is 7.11 Å². The van der Waals surface area contributed by atoms with Crippen molar-refractivity contribution in [3.05, 3.63) is 29.8 Å². The fraction of sp³-hybridized carbons (Fsp3) is 0.286. The van der Waals surface area contributed by atoms with Crippen LogP contribution in [0.1, 0.15) is 12.5 Å². The number of nitrogens with zero attached hydrogens (tertiary/aromatic N) is 5. The number of ether oxygens (including phenoxy) is 1. The molecule has 2 aromatic rings. The topological polar surface area (TPSA) is 87.0 Å². The average molecular weight is 284 g/mol. The lowest BCUT2D eigenvalue weighted by molar-refractivity contribution is 0.379. The minimum atomic E-state index is 0.220. The molecule has 7 nitrogen and oxygen atoms in total. The number of nitrogens with one attached hydrogen (secondary N) is 1. The molecular formula is C14H16N6O. The smallest absolute Gasteiger partial charge is 0.322 e. The molecule has 108 valence electrons. The standard InChI is InChI=1S/C14H16N6O/c1-4-16-12-17-13(19-14(18-12)21-3)20(2)11-8-6-5-7-10(11)9-15/h5-8H,4H2,1-3H3,(H,16,17,18,19). The zero-order chi connectivity index (χ0) is 15.2. The van der Waals surface area contributed by atoms with E-state index >= 15 is 0 Å². The summed E-state index contributed by atoms with van der Waals surface area (Å²) in [7, 11) is 3.29. The molecule has 21 heavy (non-hydrogen) atoms. The van der Waals surface area contributed by atoms with Gasteiger partial charge in [0, 0.05) is 13.6 Å². The van der Waals surface area contributed by atoms with Gasteiger partial charge in [-0.2, -0.15) is 20.2 Å². The normalized spacial score (nSPS) is 9.81. The molecule has 0 aliphatic heterocycles. The van der Waals surface area contributed by atoms with Crippen LogP contribution in [-0.2, 0) is 0 Å². The van der Waals surface area contributed by atoms with Crippen molar-refractivity contribution < 1.29 is 4.74 Å². The number of anilines is 3. The molecule has 1 aromatic heterocycles. The highest BCUT2D eigenvalue weighted by atomic mass is 16.5. The summed E-state index contributed by atoms with van der Waals surface area (Å²) < 4.78 is 5.09. The van der Waals surface area contributed by atoms with Crippen LogP contribution >= 0.6 is 0 Å². The Morgan fingerprint density at radius 3 is 2.71 bits per heavy atom. The molecule has 0 unspecified atom stereocenters. The number of para-hydroxylation sites is 1. The number of aromatic nitrogens is 3. The third-order valence-corrected chi connectivity index (χ3v) is 2.81. The van der Waals surface area contributed by atoms with Gasteiger partial charge in [-0.15, -0.1) is 0 Å². The van der Waals surface area contributed by atoms with Crippen molar-refractivity contribution in [3.8, 4) is 12.1 Å². The van der Waals surface area contributed by atoms with E-state index in [1.54, 1.807) is 18.0 Å². The van der Waals surface area contributed by atoms with E-state index in [0.717, 1.165) is 5.69 Å². The monoisotopic (exact) mass is 284 g/mol. The van der Waals surface area contributed by atoms with Crippen molar-refractivity contribution >= 4 is 17.6 Å². The first-order valence-electron chi connectivity index (χ1n) is 6.46. The van der Waals surface area contributed by atoms with E-state index < -0.39 is 0 Å². The van der Waals surface area contributed by atoms with Gasteiger partial charge in [-0.25, -0.2) is 0 Å². The molecule has 1 N–H and O–H groups in total. The van der Waals surface area contributed by atoms with Gasteiger partial charge in [0.1, 0.15) is 6.07 Å². The van der Waals surface area contributed by atoms with Crippen molar-refractivity contribution in [3.63, 3.8) is 0 Å². The summed E-state index contributed by atoms with van der Waals surface area (Å²) >= 11 is 0.